The van der Waals surface area contributed by atoms with Crippen molar-refractivity contribution in [3.63, 3.8) is 0 Å². The molecule has 0 unspecified atom stereocenters. The van der Waals surface area contributed by atoms with Crippen molar-refractivity contribution in [2.24, 2.45) is 5.92 Å². The van der Waals surface area contributed by atoms with Gasteiger partial charge in [-0.15, -0.1) is 0 Å². The van der Waals surface area contributed by atoms with Gasteiger partial charge in [-0.3, -0.25) is 9.59 Å². The molecule has 0 aliphatic carbocycles. The van der Waals surface area contributed by atoms with Gasteiger partial charge in [-0.05, 0) is 37.1 Å². The highest BCUT2D eigenvalue weighted by atomic mass is 16.6. The number of hydrogen-bond donors (Lipinski definition) is 1. The predicted molar refractivity (Wildman–Crippen MR) is 115 cm³/mol. The van der Waals surface area contributed by atoms with Gasteiger partial charge in [0.2, 0.25) is 0 Å². The Bertz CT molecular complexity index is 1090. The number of hydrogen-bond acceptors (Lipinski definition) is 7. The third kappa shape index (κ3) is 4.89. The fourth-order valence-electron chi connectivity index (χ4n) is 3.04. The van der Waals surface area contributed by atoms with Crippen LogP contribution in [0.3, 0.4) is 0 Å². The average molecular weight is 436 g/mol. The minimum absolute atomic E-state index is 0.0343. The molecule has 0 radical (unpaired) electrons. The zero-order valence-electron chi connectivity index (χ0n) is 18.1. The number of fused-ring (bicyclic) bond motifs is 1. The van der Waals surface area contributed by atoms with E-state index < -0.39 is 29.8 Å². The number of nitrogens with one attached hydrogen (secondary N) is 1. The number of benzene rings is 2. The maximum absolute atomic E-state index is 13.1. The summed E-state index contributed by atoms with van der Waals surface area (Å²) in [5.74, 6) is -0.939. The van der Waals surface area contributed by atoms with E-state index in [0.29, 0.717) is 30.3 Å². The summed E-state index contributed by atoms with van der Waals surface area (Å²) in [6, 6.07) is 13.1. The van der Waals surface area contributed by atoms with Crippen LogP contribution < -0.4 is 14.8 Å². The number of ether oxygens (including phenoxy) is 3. The highest BCUT2D eigenvalue weighted by Gasteiger charge is 2.30. The number of carbonyl (C=O) groups is 3. The molecule has 0 bridgehead atoms. The Hall–Kier alpha value is -3.86. The topological polar surface area (TPSA) is 115 Å². The van der Waals surface area contributed by atoms with Crippen LogP contribution in [0.15, 0.2) is 42.5 Å². The number of esters is 1. The summed E-state index contributed by atoms with van der Waals surface area (Å²) in [4.78, 5) is 37.9. The van der Waals surface area contributed by atoms with E-state index in [1.165, 1.54) is 12.1 Å². The van der Waals surface area contributed by atoms with Gasteiger partial charge in [-0.2, -0.15) is 5.26 Å². The van der Waals surface area contributed by atoms with Gasteiger partial charge in [0.15, 0.2) is 23.9 Å². The highest BCUT2D eigenvalue weighted by Crippen LogP contribution is 2.31. The Morgan fingerprint density at radius 2 is 1.75 bits per heavy atom. The number of ketones is 1. The molecule has 1 N–H and O–H groups in total. The minimum atomic E-state index is -1.09. The minimum Gasteiger partial charge on any atom is -0.486 e. The number of amides is 1. The van der Waals surface area contributed by atoms with Gasteiger partial charge >= 0.3 is 5.97 Å². The van der Waals surface area contributed by atoms with Crippen LogP contribution in [0.5, 0.6) is 11.5 Å². The van der Waals surface area contributed by atoms with Crippen molar-refractivity contribution in [2.75, 3.05) is 19.8 Å². The molecule has 8 heteroatoms. The van der Waals surface area contributed by atoms with E-state index in [4.69, 9.17) is 14.2 Å². The largest absolute Gasteiger partial charge is 0.486 e. The molecule has 0 spiro atoms. The van der Waals surface area contributed by atoms with E-state index in [0.717, 1.165) is 0 Å². The summed E-state index contributed by atoms with van der Waals surface area (Å²) in [5.41, 5.74) is -0.588. The fraction of sp³-hybridized carbons (Fsp3) is 0.333. The van der Waals surface area contributed by atoms with Gasteiger partial charge < -0.3 is 19.5 Å². The summed E-state index contributed by atoms with van der Waals surface area (Å²) in [6.07, 6.45) is 0. The van der Waals surface area contributed by atoms with Crippen molar-refractivity contribution >= 4 is 17.7 Å². The second-order valence-corrected chi connectivity index (χ2v) is 7.83. The molecule has 2 aromatic carbocycles. The molecule has 0 fully saturated rings. The van der Waals surface area contributed by atoms with E-state index in [-0.39, 0.29) is 17.0 Å². The number of nitrogens with zero attached hydrogens (tertiary/aromatic N) is 1. The molecule has 1 aliphatic heterocycles. The molecular weight excluding hydrogens is 412 g/mol. The zero-order chi connectivity index (χ0) is 23.3. The first kappa shape index (κ1) is 22.8. The molecule has 1 amide bonds. The standard InChI is InChI=1S/C24H24N2O6/c1-15(2)24(3,14-25)26-21(27)13-32-23(29)18-7-5-4-6-17(18)22(28)16-8-9-19-20(12-16)31-11-10-30-19/h4-9,12,15H,10-11,13H2,1-3H3,(H,26,27)/t24-/m1/s1. The maximum atomic E-state index is 13.1. The smallest absolute Gasteiger partial charge is 0.339 e. The Morgan fingerprint density at radius 3 is 2.41 bits per heavy atom. The quantitative estimate of drug-likeness (QED) is 0.524. The van der Waals surface area contributed by atoms with E-state index in [1.807, 2.05) is 0 Å². The van der Waals surface area contributed by atoms with Crippen LogP contribution in [0.1, 0.15) is 47.1 Å². The number of nitriles is 1. The van der Waals surface area contributed by atoms with Gasteiger partial charge in [0.1, 0.15) is 18.8 Å². The van der Waals surface area contributed by atoms with Crippen molar-refractivity contribution in [1.82, 2.24) is 5.32 Å². The second kappa shape index (κ2) is 9.52. The summed E-state index contributed by atoms with van der Waals surface area (Å²) < 4.78 is 16.1. The van der Waals surface area contributed by atoms with Gasteiger partial charge in [0.25, 0.3) is 5.91 Å². The van der Waals surface area contributed by atoms with Gasteiger partial charge in [-0.25, -0.2) is 4.79 Å². The molecule has 0 saturated heterocycles. The molecular formula is C24H24N2O6. The molecule has 8 nitrogen and oxygen atoms in total. The summed E-state index contributed by atoms with van der Waals surface area (Å²) in [5, 5.41) is 11.9. The summed E-state index contributed by atoms with van der Waals surface area (Å²) in [7, 11) is 0. The van der Waals surface area contributed by atoms with Crippen LogP contribution in [0.2, 0.25) is 0 Å². The van der Waals surface area contributed by atoms with Crippen LogP contribution in [-0.4, -0.2) is 43.0 Å². The van der Waals surface area contributed by atoms with Gasteiger partial charge in [0, 0.05) is 11.1 Å². The first-order valence-corrected chi connectivity index (χ1v) is 10.2. The molecule has 0 aromatic heterocycles. The summed E-state index contributed by atoms with van der Waals surface area (Å²) >= 11 is 0. The van der Waals surface area contributed by atoms with Crippen LogP contribution >= 0.6 is 0 Å². The summed E-state index contributed by atoms with van der Waals surface area (Å²) in [6.45, 7) is 5.45. The van der Waals surface area contributed by atoms with Crippen molar-refractivity contribution in [3.05, 3.63) is 59.2 Å². The van der Waals surface area contributed by atoms with Crippen LogP contribution in [-0.2, 0) is 9.53 Å². The molecule has 1 heterocycles. The first-order chi connectivity index (χ1) is 15.2. The zero-order valence-corrected chi connectivity index (χ0v) is 18.1. The SMILES string of the molecule is CC(C)[C@@](C)(C#N)NC(=O)COC(=O)c1ccccc1C(=O)c1ccc2c(c1)OCCO2. The van der Waals surface area contributed by atoms with Crippen LogP contribution in [0.25, 0.3) is 0 Å². The van der Waals surface area contributed by atoms with Gasteiger partial charge in [-0.1, -0.05) is 32.0 Å². The first-order valence-electron chi connectivity index (χ1n) is 10.2. The normalized spacial score (nSPS) is 14.1. The lowest BCUT2D eigenvalue weighted by Gasteiger charge is -2.27. The molecule has 2 aromatic rings. The lowest BCUT2D eigenvalue weighted by atomic mass is 9.90. The number of rotatable bonds is 7. The second-order valence-electron chi connectivity index (χ2n) is 7.83. The van der Waals surface area contributed by atoms with E-state index in [2.05, 4.69) is 11.4 Å². The third-order valence-electron chi connectivity index (χ3n) is 5.32. The average Bonchev–Trinajstić information content (AvgIpc) is 2.81. The molecule has 32 heavy (non-hydrogen) atoms. The molecule has 0 saturated carbocycles. The molecule has 166 valence electrons. The fourth-order valence-corrected chi connectivity index (χ4v) is 3.04. The molecule has 1 aliphatic rings. The molecule has 1 atom stereocenters. The van der Waals surface area contributed by atoms with Gasteiger partial charge in [0.05, 0.1) is 11.6 Å². The lowest BCUT2D eigenvalue weighted by molar-refractivity contribution is -0.125. The van der Waals surface area contributed by atoms with E-state index in [9.17, 15) is 19.6 Å². The Labute approximate surface area is 186 Å². The van der Waals surface area contributed by atoms with Crippen LogP contribution in [0, 0.1) is 17.2 Å². The highest BCUT2D eigenvalue weighted by molar-refractivity contribution is 6.14. The third-order valence-corrected chi connectivity index (χ3v) is 5.32. The van der Waals surface area contributed by atoms with Crippen molar-refractivity contribution < 1.29 is 28.6 Å². The van der Waals surface area contributed by atoms with Crippen molar-refractivity contribution in [2.45, 2.75) is 26.3 Å². The maximum Gasteiger partial charge on any atom is 0.339 e. The lowest BCUT2D eigenvalue weighted by Crippen LogP contribution is -2.50. The molecule has 3 rings (SSSR count). The predicted octanol–water partition coefficient (Wildman–Crippen LogP) is 2.90. The Morgan fingerprint density at radius 1 is 1.09 bits per heavy atom. The van der Waals surface area contributed by atoms with Crippen LogP contribution in [0.4, 0.5) is 0 Å². The van der Waals surface area contributed by atoms with Crippen molar-refractivity contribution in [3.8, 4) is 17.6 Å². The van der Waals surface area contributed by atoms with E-state index in [1.54, 1.807) is 51.1 Å². The Balaban J connectivity index is 1.73. The van der Waals surface area contributed by atoms with Crippen molar-refractivity contribution in [1.29, 1.82) is 5.26 Å². The Kier molecular flexibility index (Phi) is 6.79. The number of carbonyl (C=O) groups excluding carboxylic acids is 3. The monoisotopic (exact) mass is 436 g/mol. The van der Waals surface area contributed by atoms with E-state index >= 15 is 0 Å².